The van der Waals surface area contributed by atoms with Crippen molar-refractivity contribution in [1.29, 1.82) is 0 Å². The van der Waals surface area contributed by atoms with E-state index in [2.05, 4.69) is 35.7 Å². The number of amides is 1. The topological polar surface area (TPSA) is 148 Å². The van der Waals surface area contributed by atoms with Crippen LogP contribution in [0.2, 0.25) is 0 Å². The van der Waals surface area contributed by atoms with Crippen LogP contribution in [0, 0.1) is 0 Å². The molecule has 0 bridgehead atoms. The number of pyridine rings is 1. The van der Waals surface area contributed by atoms with Crippen molar-refractivity contribution in [1.82, 2.24) is 40.0 Å². The molecule has 162 valence electrons. The summed E-state index contributed by atoms with van der Waals surface area (Å²) in [5.41, 5.74) is 0.396. The van der Waals surface area contributed by atoms with Crippen molar-refractivity contribution in [2.24, 2.45) is 7.05 Å². The highest BCUT2D eigenvalue weighted by Gasteiger charge is 2.48. The molecule has 4 aromatic heterocycles. The fourth-order valence-corrected chi connectivity index (χ4v) is 3.47. The van der Waals surface area contributed by atoms with Gasteiger partial charge in [-0.25, -0.2) is 15.0 Å². The highest BCUT2D eigenvalue weighted by molar-refractivity contribution is 5.87. The second-order valence-electron chi connectivity index (χ2n) is 7.49. The molecule has 12 nitrogen and oxygen atoms in total. The minimum atomic E-state index is -1.70. The average Bonchev–Trinajstić information content (AvgIpc) is 3.52. The quantitative estimate of drug-likeness (QED) is 0.469. The molecule has 0 spiro atoms. The predicted octanol–water partition coefficient (Wildman–Crippen LogP) is 1.12. The fraction of sp³-hybridized carbons (Fsp3) is 0.250. The van der Waals surface area contributed by atoms with E-state index in [0.717, 1.165) is 0 Å². The Kier molecular flexibility index (Phi) is 4.63. The Balaban J connectivity index is 1.42. The maximum absolute atomic E-state index is 12.3. The molecule has 1 aliphatic rings. The van der Waals surface area contributed by atoms with Gasteiger partial charge in [0.25, 0.3) is 5.91 Å². The van der Waals surface area contributed by atoms with Gasteiger partial charge in [0.05, 0.1) is 23.3 Å². The van der Waals surface area contributed by atoms with Gasteiger partial charge in [-0.2, -0.15) is 0 Å². The van der Waals surface area contributed by atoms with Crippen molar-refractivity contribution in [2.75, 3.05) is 18.9 Å². The van der Waals surface area contributed by atoms with Gasteiger partial charge < -0.3 is 19.8 Å². The molecule has 4 aromatic rings. The summed E-state index contributed by atoms with van der Waals surface area (Å²) in [6, 6.07) is 8.66. The van der Waals surface area contributed by atoms with Crippen LogP contribution < -0.4 is 5.32 Å². The molecule has 1 aliphatic heterocycles. The van der Waals surface area contributed by atoms with Gasteiger partial charge in [-0.1, -0.05) is 16.4 Å². The lowest BCUT2D eigenvalue weighted by atomic mass is 9.98. The van der Waals surface area contributed by atoms with Crippen molar-refractivity contribution in [3.63, 3.8) is 0 Å². The molecule has 0 radical (unpaired) electrons. The minimum Gasteiger partial charge on any atom is -0.373 e. The lowest BCUT2D eigenvalue weighted by Crippen LogP contribution is -2.35. The Hall–Kier alpha value is -4.19. The summed E-state index contributed by atoms with van der Waals surface area (Å²) in [6.45, 7) is 0.442. The Morgan fingerprint density at radius 2 is 1.91 bits per heavy atom. The largest absolute Gasteiger partial charge is 0.373 e. The smallest absolute Gasteiger partial charge is 0.262 e. The SMILES string of the molecule is CN1CCC(O)(c2cc(-c3cccc(-c4ccnc(Nc5cn(C)nn5)n4)n3)no2)C1=O. The molecule has 12 heteroatoms. The fourth-order valence-electron chi connectivity index (χ4n) is 3.47. The number of likely N-dealkylation sites (N-methyl/N-ethyl adjacent to an activating group) is 1. The van der Waals surface area contributed by atoms with Crippen molar-refractivity contribution >= 4 is 17.7 Å². The van der Waals surface area contributed by atoms with Gasteiger partial charge in [0.1, 0.15) is 5.69 Å². The van der Waals surface area contributed by atoms with Crippen LogP contribution >= 0.6 is 0 Å². The molecule has 1 saturated heterocycles. The third-order valence-electron chi connectivity index (χ3n) is 5.20. The number of nitrogens with one attached hydrogen (secondary N) is 1. The third kappa shape index (κ3) is 3.46. The number of aryl methyl sites for hydroxylation is 1. The molecule has 0 aromatic carbocycles. The first kappa shape index (κ1) is 19.8. The van der Waals surface area contributed by atoms with Gasteiger partial charge >= 0.3 is 0 Å². The molecule has 1 fully saturated rings. The van der Waals surface area contributed by atoms with Crippen LogP contribution in [0.5, 0.6) is 0 Å². The summed E-state index contributed by atoms with van der Waals surface area (Å²) < 4.78 is 6.89. The molecule has 0 aliphatic carbocycles. The van der Waals surface area contributed by atoms with Crippen LogP contribution in [0.4, 0.5) is 11.8 Å². The van der Waals surface area contributed by atoms with Gasteiger partial charge in [-0.05, 0) is 18.2 Å². The number of anilines is 2. The van der Waals surface area contributed by atoms with Crippen LogP contribution in [0.3, 0.4) is 0 Å². The second kappa shape index (κ2) is 7.50. The highest BCUT2D eigenvalue weighted by atomic mass is 16.5. The van der Waals surface area contributed by atoms with Crippen molar-refractivity contribution in [2.45, 2.75) is 12.0 Å². The molecule has 1 atom stereocenters. The van der Waals surface area contributed by atoms with E-state index in [9.17, 15) is 9.90 Å². The Morgan fingerprint density at radius 3 is 2.62 bits per heavy atom. The lowest BCUT2D eigenvalue weighted by Gasteiger charge is -2.16. The van der Waals surface area contributed by atoms with E-state index in [1.165, 1.54) is 4.90 Å². The number of rotatable bonds is 5. The second-order valence-corrected chi connectivity index (χ2v) is 7.49. The normalized spacial score (nSPS) is 18.3. The summed E-state index contributed by atoms with van der Waals surface area (Å²) in [5.74, 6) is 0.564. The van der Waals surface area contributed by atoms with Crippen LogP contribution in [-0.4, -0.2) is 64.6 Å². The zero-order valence-electron chi connectivity index (χ0n) is 17.3. The first-order valence-electron chi connectivity index (χ1n) is 9.82. The number of carbonyl (C=O) groups excluding carboxylic acids is 1. The van der Waals surface area contributed by atoms with Crippen LogP contribution in [0.15, 0.2) is 47.2 Å². The highest BCUT2D eigenvalue weighted by Crippen LogP contribution is 2.34. The molecule has 1 amide bonds. The van der Waals surface area contributed by atoms with E-state index in [4.69, 9.17) is 4.52 Å². The van der Waals surface area contributed by atoms with Gasteiger partial charge in [-0.15, -0.1) is 5.10 Å². The maximum Gasteiger partial charge on any atom is 0.262 e. The van der Waals surface area contributed by atoms with E-state index in [1.54, 1.807) is 49.4 Å². The minimum absolute atomic E-state index is 0.103. The standard InChI is InChI=1S/C20H19N9O3/c1-28-9-7-20(31,18(28)30)16-10-15(26-32-16)13-5-3-4-12(22-13)14-6-8-21-19(23-14)24-17-11-29(2)27-25-17/h3-6,8,10-11,31H,7,9H2,1-2H3,(H,21,23,24). The average molecular weight is 433 g/mol. The number of hydrogen-bond acceptors (Lipinski definition) is 10. The summed E-state index contributed by atoms with van der Waals surface area (Å²) >= 11 is 0. The molecule has 0 saturated carbocycles. The first-order valence-corrected chi connectivity index (χ1v) is 9.82. The number of aromatic nitrogens is 7. The number of carbonyl (C=O) groups is 1. The van der Waals surface area contributed by atoms with E-state index >= 15 is 0 Å². The Bertz CT molecular complexity index is 1300. The van der Waals surface area contributed by atoms with Crippen LogP contribution in [0.25, 0.3) is 22.8 Å². The van der Waals surface area contributed by atoms with Crippen molar-refractivity contribution in [3.8, 4) is 22.8 Å². The number of aliphatic hydroxyl groups is 1. The maximum atomic E-state index is 12.3. The number of hydrogen-bond donors (Lipinski definition) is 2. The molecule has 32 heavy (non-hydrogen) atoms. The van der Waals surface area contributed by atoms with Crippen LogP contribution in [-0.2, 0) is 17.4 Å². The molecule has 1 unspecified atom stereocenters. The molecule has 5 rings (SSSR count). The van der Waals surface area contributed by atoms with E-state index < -0.39 is 11.5 Å². The summed E-state index contributed by atoms with van der Waals surface area (Å²) in [7, 11) is 3.40. The van der Waals surface area contributed by atoms with Crippen LogP contribution in [0.1, 0.15) is 12.2 Å². The van der Waals surface area contributed by atoms with E-state index in [0.29, 0.717) is 41.1 Å². The van der Waals surface area contributed by atoms with Crippen molar-refractivity contribution in [3.05, 3.63) is 48.5 Å². The van der Waals surface area contributed by atoms with Gasteiger partial charge in [0.2, 0.25) is 11.5 Å². The summed E-state index contributed by atoms with van der Waals surface area (Å²) in [5, 5.41) is 25.6. The van der Waals surface area contributed by atoms with E-state index in [1.807, 2.05) is 12.1 Å². The van der Waals surface area contributed by atoms with Gasteiger partial charge in [0.15, 0.2) is 11.6 Å². The monoisotopic (exact) mass is 433 g/mol. The van der Waals surface area contributed by atoms with Gasteiger partial charge in [-0.3, -0.25) is 9.48 Å². The molecular formula is C20H19N9O3. The zero-order valence-corrected chi connectivity index (χ0v) is 17.3. The summed E-state index contributed by atoms with van der Waals surface area (Å²) in [4.78, 5) is 27.1. The first-order chi connectivity index (χ1) is 15.4. The Morgan fingerprint density at radius 1 is 1.12 bits per heavy atom. The Labute approximate surface area is 181 Å². The van der Waals surface area contributed by atoms with Gasteiger partial charge in [0, 0.05) is 39.3 Å². The number of likely N-dealkylation sites (tertiary alicyclic amines) is 1. The molecular weight excluding hydrogens is 414 g/mol. The molecule has 5 heterocycles. The number of nitrogens with zero attached hydrogens (tertiary/aromatic N) is 8. The predicted molar refractivity (Wildman–Crippen MR) is 111 cm³/mol. The summed E-state index contributed by atoms with van der Waals surface area (Å²) in [6.07, 6.45) is 3.56. The zero-order chi connectivity index (χ0) is 22.3. The van der Waals surface area contributed by atoms with Crippen molar-refractivity contribution < 1.29 is 14.4 Å². The lowest BCUT2D eigenvalue weighted by molar-refractivity contribution is -0.144. The van der Waals surface area contributed by atoms with E-state index in [-0.39, 0.29) is 12.2 Å². The third-order valence-corrected chi connectivity index (χ3v) is 5.20. The molecule has 2 N–H and O–H groups in total.